The predicted molar refractivity (Wildman–Crippen MR) is 170 cm³/mol. The van der Waals surface area contributed by atoms with Gasteiger partial charge >= 0.3 is 0 Å². The van der Waals surface area contributed by atoms with Gasteiger partial charge in [0.15, 0.2) is 5.82 Å². The fourth-order valence-electron chi connectivity index (χ4n) is 7.42. The topological polar surface area (TPSA) is 111 Å². The second-order valence-electron chi connectivity index (χ2n) is 13.0. The van der Waals surface area contributed by atoms with Gasteiger partial charge < -0.3 is 29.6 Å². The molecule has 1 saturated heterocycles. The Morgan fingerprint density at radius 3 is 2.52 bits per heavy atom. The summed E-state index contributed by atoms with van der Waals surface area (Å²) in [6, 6.07) is 18.2. The fourth-order valence-corrected chi connectivity index (χ4v) is 7.42. The number of likely N-dealkylation sites (tertiary alicyclic amines) is 1. The van der Waals surface area contributed by atoms with Crippen molar-refractivity contribution < 1.29 is 14.6 Å². The number of imidazole rings is 1. The fraction of sp³-hybridized carbons (Fsp3) is 0.400. The minimum absolute atomic E-state index is 0.00103. The Morgan fingerprint density at radius 2 is 1.86 bits per heavy atom. The smallest absolute Gasteiger partial charge is 0.254 e. The molecule has 2 aliphatic carbocycles. The summed E-state index contributed by atoms with van der Waals surface area (Å²) in [6.07, 6.45) is 3.99. The van der Waals surface area contributed by atoms with Crippen molar-refractivity contribution in [3.63, 3.8) is 0 Å². The van der Waals surface area contributed by atoms with Gasteiger partial charge in [-0.25, -0.2) is 9.97 Å². The number of aryl methyl sites for hydroxylation is 1. The van der Waals surface area contributed by atoms with Gasteiger partial charge in [-0.05, 0) is 80.3 Å². The average Bonchev–Trinajstić information content (AvgIpc) is 3.44. The normalized spacial score (nSPS) is 21.9. The molecule has 4 heterocycles. The van der Waals surface area contributed by atoms with Gasteiger partial charge in [0.25, 0.3) is 5.91 Å². The number of pyridine rings is 1. The van der Waals surface area contributed by atoms with Gasteiger partial charge in [-0.3, -0.25) is 4.79 Å². The number of hydrogen-bond donors (Lipinski definition) is 2. The lowest BCUT2D eigenvalue weighted by Gasteiger charge is -2.27. The number of aliphatic hydroxyl groups excluding tert-OH is 1. The highest BCUT2D eigenvalue weighted by Gasteiger charge is 2.47. The van der Waals surface area contributed by atoms with Crippen LogP contribution in [0.4, 0.5) is 0 Å². The predicted octanol–water partition coefficient (Wildman–Crippen LogP) is 5.29. The van der Waals surface area contributed by atoms with E-state index in [1.54, 1.807) is 14.0 Å². The Labute approximate surface area is 256 Å². The molecule has 4 atom stereocenters. The summed E-state index contributed by atoms with van der Waals surface area (Å²) >= 11 is 0. The van der Waals surface area contributed by atoms with Crippen LogP contribution in [0.3, 0.4) is 0 Å². The third-order valence-corrected chi connectivity index (χ3v) is 10.1. The molecule has 1 aliphatic heterocycles. The third kappa shape index (κ3) is 4.32. The number of ether oxygens (including phenoxy) is 1. The van der Waals surface area contributed by atoms with Crippen LogP contribution in [0, 0.1) is 11.8 Å². The van der Waals surface area contributed by atoms with Crippen molar-refractivity contribution in [1.82, 2.24) is 24.0 Å². The van der Waals surface area contributed by atoms with E-state index in [-0.39, 0.29) is 18.0 Å². The lowest BCUT2D eigenvalue weighted by atomic mass is 10.1. The molecule has 2 bridgehead atoms. The zero-order valence-electron chi connectivity index (χ0n) is 25.4. The molecule has 9 nitrogen and oxygen atoms in total. The van der Waals surface area contributed by atoms with Crippen molar-refractivity contribution in [3.8, 4) is 28.5 Å². The van der Waals surface area contributed by atoms with Crippen molar-refractivity contribution in [3.05, 3.63) is 65.7 Å². The second-order valence-corrected chi connectivity index (χ2v) is 13.0. The molecule has 9 heteroatoms. The van der Waals surface area contributed by atoms with Crippen LogP contribution in [0.15, 0.2) is 54.6 Å². The van der Waals surface area contributed by atoms with E-state index in [1.807, 2.05) is 48.3 Å². The van der Waals surface area contributed by atoms with Gasteiger partial charge in [0.2, 0.25) is 0 Å². The molecule has 226 valence electrons. The Hall–Kier alpha value is -4.21. The molecule has 4 unspecified atom stereocenters. The number of carbonyl (C=O) groups excluding carboxylic acids is 1. The van der Waals surface area contributed by atoms with Crippen LogP contribution in [0.2, 0.25) is 0 Å². The minimum atomic E-state index is -0.507. The molecule has 8 rings (SSSR count). The van der Waals surface area contributed by atoms with Crippen LogP contribution in [-0.2, 0) is 13.6 Å². The van der Waals surface area contributed by atoms with E-state index < -0.39 is 6.10 Å². The number of rotatable bonds is 7. The lowest BCUT2D eigenvalue weighted by molar-refractivity contribution is 0.0700. The van der Waals surface area contributed by atoms with Crippen LogP contribution in [0.5, 0.6) is 5.75 Å². The van der Waals surface area contributed by atoms with E-state index >= 15 is 0 Å². The molecule has 3 aromatic heterocycles. The van der Waals surface area contributed by atoms with Crippen LogP contribution < -0.4 is 10.5 Å². The zero-order valence-corrected chi connectivity index (χ0v) is 25.4. The number of carbonyl (C=O) groups is 1. The van der Waals surface area contributed by atoms with E-state index in [0.29, 0.717) is 23.1 Å². The maximum absolute atomic E-state index is 13.7. The highest BCUT2D eigenvalue weighted by Crippen LogP contribution is 2.40. The first-order valence-electron chi connectivity index (χ1n) is 15.7. The summed E-state index contributed by atoms with van der Waals surface area (Å²) in [6.45, 7) is 3.37. The number of methoxy groups -OCH3 is 1. The third-order valence-electron chi connectivity index (χ3n) is 10.1. The molecular formula is C35H38N6O3. The summed E-state index contributed by atoms with van der Waals surface area (Å²) in [4.78, 5) is 25.9. The number of benzene rings is 2. The van der Waals surface area contributed by atoms with Gasteiger partial charge in [-0.1, -0.05) is 24.3 Å². The van der Waals surface area contributed by atoms with Crippen molar-refractivity contribution in [2.75, 3.05) is 13.7 Å². The molecule has 44 heavy (non-hydrogen) atoms. The number of nitrogens with two attached hydrogens (primary N) is 1. The monoisotopic (exact) mass is 590 g/mol. The molecule has 2 aromatic carbocycles. The van der Waals surface area contributed by atoms with Crippen molar-refractivity contribution >= 4 is 28.0 Å². The van der Waals surface area contributed by atoms with E-state index in [4.69, 9.17) is 20.4 Å². The Bertz CT molecular complexity index is 1920. The lowest BCUT2D eigenvalue weighted by Crippen LogP contribution is -2.41. The van der Waals surface area contributed by atoms with E-state index in [0.717, 1.165) is 76.3 Å². The molecular weight excluding hydrogens is 552 g/mol. The van der Waals surface area contributed by atoms with Gasteiger partial charge in [-0.15, -0.1) is 0 Å². The highest BCUT2D eigenvalue weighted by atomic mass is 16.5. The van der Waals surface area contributed by atoms with Crippen molar-refractivity contribution in [2.24, 2.45) is 24.6 Å². The summed E-state index contributed by atoms with van der Waals surface area (Å²) in [5.74, 6) is 2.46. The Kier molecular flexibility index (Phi) is 6.32. The average molecular weight is 591 g/mol. The van der Waals surface area contributed by atoms with E-state index in [1.165, 1.54) is 12.8 Å². The van der Waals surface area contributed by atoms with Crippen molar-refractivity contribution in [1.29, 1.82) is 0 Å². The Balaban J connectivity index is 1.22. The first-order chi connectivity index (χ1) is 21.3. The quantitative estimate of drug-likeness (QED) is 0.267. The van der Waals surface area contributed by atoms with Crippen LogP contribution in [0.25, 0.3) is 44.8 Å². The highest BCUT2D eigenvalue weighted by molar-refractivity contribution is 6.00. The molecule has 0 radical (unpaired) electrons. The number of aromatic nitrogens is 4. The number of nitrogens with zero attached hydrogens (tertiary/aromatic N) is 5. The standard InChI is InChI=1S/C35H38N6O3/c1-19(42)21-6-8-22(9-7-21)26-12-10-23-15-29(40(33(23)37-26)17-20-4-5-20)34-38-27-14-25(16-30(44-3)32(27)39(34)2)35(43)41-18-24-11-13-28(41)31(24)36/h6-10,12,14-16,19-20,24,28,31,42H,4-5,11,13,17-18,36H2,1-3H3. The number of hydrogen-bond acceptors (Lipinski definition) is 6. The molecule has 3 N–H and O–H groups in total. The maximum atomic E-state index is 13.7. The van der Waals surface area contributed by atoms with Crippen LogP contribution in [-0.4, -0.2) is 60.8 Å². The molecule has 0 spiro atoms. The maximum Gasteiger partial charge on any atom is 0.254 e. The van der Waals surface area contributed by atoms with Gasteiger partial charge in [-0.2, -0.15) is 0 Å². The number of fused-ring (bicyclic) bond motifs is 4. The summed E-state index contributed by atoms with van der Waals surface area (Å²) < 4.78 is 10.2. The number of piperidine rings is 1. The summed E-state index contributed by atoms with van der Waals surface area (Å²) in [5, 5.41) is 11.0. The largest absolute Gasteiger partial charge is 0.494 e. The van der Waals surface area contributed by atoms with Gasteiger partial charge in [0, 0.05) is 48.7 Å². The van der Waals surface area contributed by atoms with Gasteiger partial charge in [0.05, 0.1) is 30.1 Å². The van der Waals surface area contributed by atoms with Crippen LogP contribution in [0.1, 0.15) is 54.6 Å². The molecule has 3 fully saturated rings. The summed E-state index contributed by atoms with van der Waals surface area (Å²) in [7, 11) is 3.65. The minimum Gasteiger partial charge on any atom is -0.494 e. The number of amides is 1. The van der Waals surface area contributed by atoms with Gasteiger partial charge in [0.1, 0.15) is 16.9 Å². The SMILES string of the molecule is COc1cc(C(=O)N2CC3CCC2C3N)cc2nc(-c3cc4ccc(-c5ccc(C(C)O)cc5)nc4n3CC3CC3)n(C)c12. The zero-order chi connectivity index (χ0) is 30.3. The van der Waals surface area contributed by atoms with E-state index in [9.17, 15) is 9.90 Å². The first-order valence-corrected chi connectivity index (χ1v) is 15.7. The Morgan fingerprint density at radius 1 is 1.07 bits per heavy atom. The molecule has 3 aliphatic rings. The van der Waals surface area contributed by atoms with Crippen molar-refractivity contribution in [2.45, 2.75) is 57.3 Å². The first kappa shape index (κ1) is 27.3. The molecule has 5 aromatic rings. The number of aliphatic hydroxyl groups is 1. The second kappa shape index (κ2) is 10.2. The molecule has 2 saturated carbocycles. The molecule has 1 amide bonds. The van der Waals surface area contributed by atoms with Crippen LogP contribution >= 0.6 is 0 Å². The summed E-state index contributed by atoms with van der Waals surface area (Å²) in [5.41, 5.74) is 13.3. The van der Waals surface area contributed by atoms with E-state index in [2.05, 4.69) is 27.3 Å².